The summed E-state index contributed by atoms with van der Waals surface area (Å²) < 4.78 is 5.38. The molecule has 1 heterocycles. The Hall–Kier alpha value is -0.770. The second-order valence-corrected chi connectivity index (χ2v) is 5.42. The third kappa shape index (κ3) is 3.67. The fourth-order valence-electron chi connectivity index (χ4n) is 1.91. The molecule has 0 bridgehead atoms. The molecule has 0 aromatic carbocycles. The van der Waals surface area contributed by atoms with Crippen LogP contribution in [-0.2, 0) is 4.74 Å². The summed E-state index contributed by atoms with van der Waals surface area (Å²) in [4.78, 5) is 16.1. The fourth-order valence-corrected chi connectivity index (χ4v) is 1.91. The van der Waals surface area contributed by atoms with E-state index in [0.29, 0.717) is 0 Å². The molecule has 1 amide bonds. The van der Waals surface area contributed by atoms with E-state index >= 15 is 0 Å². The molecule has 1 unspecified atom stereocenters. The van der Waals surface area contributed by atoms with Crippen LogP contribution in [0.2, 0.25) is 0 Å². The standard InChI is InChI=1S/C12H24N2O2/c1-6-13-7-8-14(10(2)9-13)11(15)16-12(3,4)5/h10H,6-9H2,1-5H3. The van der Waals surface area contributed by atoms with Crippen LogP contribution in [-0.4, -0.2) is 53.7 Å². The van der Waals surface area contributed by atoms with Crippen LogP contribution in [0.1, 0.15) is 34.6 Å². The molecule has 1 rings (SSSR count). The smallest absolute Gasteiger partial charge is 0.410 e. The third-order valence-corrected chi connectivity index (χ3v) is 2.79. The molecular weight excluding hydrogens is 204 g/mol. The van der Waals surface area contributed by atoms with Gasteiger partial charge in [-0.05, 0) is 34.2 Å². The first-order valence-corrected chi connectivity index (χ1v) is 6.05. The van der Waals surface area contributed by atoms with Crippen molar-refractivity contribution in [3.63, 3.8) is 0 Å². The Balaban J connectivity index is 2.52. The molecule has 94 valence electrons. The van der Waals surface area contributed by atoms with Crippen LogP contribution in [0.3, 0.4) is 0 Å². The third-order valence-electron chi connectivity index (χ3n) is 2.79. The first-order chi connectivity index (χ1) is 7.33. The monoisotopic (exact) mass is 228 g/mol. The van der Waals surface area contributed by atoms with E-state index in [1.54, 1.807) is 0 Å². The van der Waals surface area contributed by atoms with E-state index in [1.165, 1.54) is 0 Å². The van der Waals surface area contributed by atoms with E-state index in [-0.39, 0.29) is 12.1 Å². The summed E-state index contributed by atoms with van der Waals surface area (Å²) in [5.41, 5.74) is -0.404. The molecule has 0 spiro atoms. The molecule has 0 saturated carbocycles. The summed E-state index contributed by atoms with van der Waals surface area (Å²) in [7, 11) is 0. The summed E-state index contributed by atoms with van der Waals surface area (Å²) in [5, 5.41) is 0. The minimum absolute atomic E-state index is 0.184. The number of nitrogens with zero attached hydrogens (tertiary/aromatic N) is 2. The van der Waals surface area contributed by atoms with Gasteiger partial charge in [-0.15, -0.1) is 0 Å². The van der Waals surface area contributed by atoms with Crippen molar-refractivity contribution >= 4 is 6.09 Å². The van der Waals surface area contributed by atoms with E-state index in [1.807, 2.05) is 25.7 Å². The molecule has 1 fully saturated rings. The highest BCUT2D eigenvalue weighted by Gasteiger charge is 2.29. The van der Waals surface area contributed by atoms with Gasteiger partial charge in [-0.2, -0.15) is 0 Å². The Morgan fingerprint density at radius 1 is 1.38 bits per heavy atom. The molecule has 4 heteroatoms. The van der Waals surface area contributed by atoms with Gasteiger partial charge in [0.1, 0.15) is 5.60 Å². The van der Waals surface area contributed by atoms with E-state index < -0.39 is 5.60 Å². The largest absolute Gasteiger partial charge is 0.444 e. The van der Waals surface area contributed by atoms with E-state index in [0.717, 1.165) is 26.2 Å². The molecule has 0 N–H and O–H groups in total. The number of hydrogen-bond donors (Lipinski definition) is 0. The summed E-state index contributed by atoms with van der Waals surface area (Å²) in [6, 6.07) is 0.239. The Morgan fingerprint density at radius 2 is 2.00 bits per heavy atom. The first-order valence-electron chi connectivity index (χ1n) is 6.05. The van der Waals surface area contributed by atoms with Crippen molar-refractivity contribution in [3.8, 4) is 0 Å². The van der Waals surface area contributed by atoms with Gasteiger partial charge in [-0.3, -0.25) is 4.90 Å². The average Bonchev–Trinajstić information content (AvgIpc) is 2.14. The van der Waals surface area contributed by atoms with E-state index in [4.69, 9.17) is 4.74 Å². The Kier molecular flexibility index (Phi) is 4.19. The Labute approximate surface area is 98.5 Å². The van der Waals surface area contributed by atoms with Gasteiger partial charge >= 0.3 is 6.09 Å². The number of amides is 1. The number of likely N-dealkylation sites (N-methyl/N-ethyl adjacent to an activating group) is 1. The van der Waals surface area contributed by atoms with Crippen molar-refractivity contribution in [1.29, 1.82) is 0 Å². The van der Waals surface area contributed by atoms with Gasteiger partial charge in [-0.25, -0.2) is 4.79 Å². The minimum Gasteiger partial charge on any atom is -0.444 e. The van der Waals surface area contributed by atoms with Gasteiger partial charge in [0.25, 0.3) is 0 Å². The van der Waals surface area contributed by atoms with Crippen molar-refractivity contribution in [2.24, 2.45) is 0 Å². The van der Waals surface area contributed by atoms with Gasteiger partial charge in [0, 0.05) is 25.7 Å². The number of piperazine rings is 1. The molecule has 0 aromatic heterocycles. The maximum Gasteiger partial charge on any atom is 0.410 e. The zero-order chi connectivity index (χ0) is 12.3. The summed E-state index contributed by atoms with van der Waals surface area (Å²) in [5.74, 6) is 0. The van der Waals surface area contributed by atoms with Crippen molar-refractivity contribution in [1.82, 2.24) is 9.80 Å². The topological polar surface area (TPSA) is 32.8 Å². The molecule has 0 aliphatic carbocycles. The highest BCUT2D eigenvalue weighted by atomic mass is 16.6. The summed E-state index contributed by atoms with van der Waals surface area (Å²) >= 11 is 0. The molecule has 16 heavy (non-hydrogen) atoms. The molecule has 1 atom stereocenters. The lowest BCUT2D eigenvalue weighted by molar-refractivity contribution is 0.00209. The molecular formula is C12H24N2O2. The second kappa shape index (κ2) is 5.04. The number of ether oxygens (including phenoxy) is 1. The molecule has 0 radical (unpaired) electrons. The first kappa shape index (κ1) is 13.3. The maximum atomic E-state index is 11.9. The Morgan fingerprint density at radius 3 is 2.44 bits per heavy atom. The zero-order valence-electron chi connectivity index (χ0n) is 11.1. The second-order valence-electron chi connectivity index (χ2n) is 5.42. The van der Waals surface area contributed by atoms with Gasteiger partial charge in [0.05, 0.1) is 0 Å². The van der Waals surface area contributed by atoms with E-state index in [2.05, 4.69) is 18.7 Å². The van der Waals surface area contributed by atoms with Crippen LogP contribution in [0.5, 0.6) is 0 Å². The van der Waals surface area contributed by atoms with Gasteiger partial charge in [0.15, 0.2) is 0 Å². The molecule has 1 aliphatic rings. The fraction of sp³-hybridized carbons (Fsp3) is 0.917. The lowest BCUT2D eigenvalue weighted by Crippen LogP contribution is -2.54. The quantitative estimate of drug-likeness (QED) is 0.687. The predicted molar refractivity (Wildman–Crippen MR) is 64.5 cm³/mol. The average molecular weight is 228 g/mol. The van der Waals surface area contributed by atoms with Crippen LogP contribution >= 0.6 is 0 Å². The van der Waals surface area contributed by atoms with Crippen LogP contribution in [0.15, 0.2) is 0 Å². The number of rotatable bonds is 1. The molecule has 0 aromatic rings. The highest BCUT2D eigenvalue weighted by molar-refractivity contribution is 5.68. The Bertz CT molecular complexity index is 248. The van der Waals surface area contributed by atoms with Gasteiger partial charge in [0.2, 0.25) is 0 Å². The summed E-state index contributed by atoms with van der Waals surface area (Å²) in [6.07, 6.45) is -0.184. The van der Waals surface area contributed by atoms with Gasteiger partial charge in [-0.1, -0.05) is 6.92 Å². The van der Waals surface area contributed by atoms with Crippen LogP contribution < -0.4 is 0 Å². The molecule has 1 saturated heterocycles. The lowest BCUT2D eigenvalue weighted by Gasteiger charge is -2.39. The number of hydrogen-bond acceptors (Lipinski definition) is 3. The number of carbonyl (C=O) groups excluding carboxylic acids is 1. The van der Waals surface area contributed by atoms with Crippen molar-refractivity contribution in [3.05, 3.63) is 0 Å². The lowest BCUT2D eigenvalue weighted by atomic mass is 10.2. The van der Waals surface area contributed by atoms with Crippen molar-refractivity contribution < 1.29 is 9.53 Å². The van der Waals surface area contributed by atoms with E-state index in [9.17, 15) is 4.79 Å². The van der Waals surface area contributed by atoms with Crippen LogP contribution in [0.4, 0.5) is 4.79 Å². The normalized spacial score (nSPS) is 23.3. The zero-order valence-corrected chi connectivity index (χ0v) is 11.1. The van der Waals surface area contributed by atoms with Crippen molar-refractivity contribution in [2.75, 3.05) is 26.2 Å². The van der Waals surface area contributed by atoms with Crippen LogP contribution in [0.25, 0.3) is 0 Å². The van der Waals surface area contributed by atoms with Crippen LogP contribution in [0, 0.1) is 0 Å². The maximum absolute atomic E-state index is 11.9. The minimum atomic E-state index is -0.404. The van der Waals surface area contributed by atoms with Gasteiger partial charge < -0.3 is 9.64 Å². The SMILES string of the molecule is CCN1CCN(C(=O)OC(C)(C)C)C(C)C1. The highest BCUT2D eigenvalue weighted by Crippen LogP contribution is 2.15. The molecule has 1 aliphatic heterocycles. The summed E-state index contributed by atoms with van der Waals surface area (Å²) in [6.45, 7) is 13.6. The predicted octanol–water partition coefficient (Wildman–Crippen LogP) is 1.95. The van der Waals surface area contributed by atoms with Crippen molar-refractivity contribution in [2.45, 2.75) is 46.3 Å². The number of carbonyl (C=O) groups is 1. The molecule has 4 nitrogen and oxygen atoms in total.